The Balaban J connectivity index is 2.61. The molecule has 0 fully saturated rings. The molecule has 0 saturated carbocycles. The molecule has 0 radical (unpaired) electrons. The van der Waals surface area contributed by atoms with Gasteiger partial charge >= 0.3 is 5.97 Å². The third kappa shape index (κ3) is 3.27. The smallest absolute Gasteiger partial charge is 0.339 e. The average molecular weight is 356 g/mol. The molecule has 1 aromatic carbocycles. The van der Waals surface area contributed by atoms with Crippen molar-refractivity contribution in [2.45, 2.75) is 5.75 Å². The molecule has 2 aromatic rings. The maximum atomic E-state index is 11.2. The molecule has 0 amide bonds. The largest absolute Gasteiger partial charge is 0.772 e. The van der Waals surface area contributed by atoms with Gasteiger partial charge in [0.2, 0.25) is 0 Å². The molecule has 104 valence electrons. The van der Waals surface area contributed by atoms with Gasteiger partial charge in [0.25, 0.3) is 0 Å². The second-order valence-electron chi connectivity index (χ2n) is 3.78. The Bertz CT molecular complexity index is 693. The first kappa shape index (κ1) is 14.8. The number of nitrogens with zero attached hydrogens (tertiary/aromatic N) is 2. The van der Waals surface area contributed by atoms with Gasteiger partial charge in [-0.15, -0.1) is 0 Å². The highest BCUT2D eigenvalue weighted by Crippen LogP contribution is 2.29. The lowest BCUT2D eigenvalue weighted by atomic mass is 10.1. The van der Waals surface area contributed by atoms with Gasteiger partial charge in [0.05, 0.1) is 11.4 Å². The second kappa shape index (κ2) is 6.21. The lowest BCUT2D eigenvalue weighted by molar-refractivity contribution is 0.0697. The van der Waals surface area contributed by atoms with Gasteiger partial charge < -0.3 is 9.66 Å². The number of hydrogen-bond donors (Lipinski definition) is 1. The fourth-order valence-electron chi connectivity index (χ4n) is 1.61. The molecule has 0 spiro atoms. The monoisotopic (exact) mass is 355 g/mol. The zero-order valence-electron chi connectivity index (χ0n) is 9.95. The predicted molar refractivity (Wildman–Crippen MR) is 74.8 cm³/mol. The van der Waals surface area contributed by atoms with Crippen molar-refractivity contribution in [2.75, 3.05) is 0 Å². The van der Waals surface area contributed by atoms with Crippen LogP contribution in [0, 0.1) is 0 Å². The SMILES string of the molecule is O=C(O)c1cnc(CS(=O)[O-])nc1-c1ccccc1Br. The summed E-state index contributed by atoms with van der Waals surface area (Å²) < 4.78 is 22.1. The van der Waals surface area contributed by atoms with Crippen molar-refractivity contribution < 1.29 is 18.7 Å². The number of hydrogen-bond acceptors (Lipinski definition) is 5. The van der Waals surface area contributed by atoms with E-state index in [1.807, 2.05) is 0 Å². The lowest BCUT2D eigenvalue weighted by Crippen LogP contribution is -2.08. The van der Waals surface area contributed by atoms with E-state index in [0.717, 1.165) is 6.20 Å². The number of halogens is 1. The van der Waals surface area contributed by atoms with Crippen molar-refractivity contribution in [3.05, 3.63) is 46.3 Å². The first-order chi connectivity index (χ1) is 9.49. The van der Waals surface area contributed by atoms with Crippen molar-refractivity contribution in [1.82, 2.24) is 9.97 Å². The minimum Gasteiger partial charge on any atom is -0.772 e. The van der Waals surface area contributed by atoms with Crippen molar-refractivity contribution in [3.8, 4) is 11.3 Å². The molecule has 0 saturated heterocycles. The van der Waals surface area contributed by atoms with Gasteiger partial charge in [-0.1, -0.05) is 34.1 Å². The Hall–Kier alpha value is -1.64. The second-order valence-corrected chi connectivity index (χ2v) is 5.53. The Kier molecular flexibility index (Phi) is 4.58. The number of carboxylic acid groups (broad SMARTS) is 1. The number of rotatable bonds is 4. The van der Waals surface area contributed by atoms with E-state index in [1.54, 1.807) is 24.3 Å². The first-order valence-corrected chi connectivity index (χ1v) is 7.42. The van der Waals surface area contributed by atoms with E-state index in [4.69, 9.17) is 0 Å². The number of aromatic nitrogens is 2. The molecule has 1 aromatic heterocycles. The molecule has 8 heteroatoms. The summed E-state index contributed by atoms with van der Waals surface area (Å²) in [5, 5.41) is 9.17. The molecular formula is C12H8BrN2O4S-. The van der Waals surface area contributed by atoms with Crippen molar-refractivity contribution in [2.24, 2.45) is 0 Å². The third-order valence-corrected chi connectivity index (χ3v) is 3.63. The van der Waals surface area contributed by atoms with Crippen LogP contribution in [0.25, 0.3) is 11.3 Å². The van der Waals surface area contributed by atoms with Gasteiger partial charge in [0.1, 0.15) is 11.4 Å². The van der Waals surface area contributed by atoms with Crippen LogP contribution in [0.4, 0.5) is 0 Å². The molecule has 1 heterocycles. The molecule has 1 unspecified atom stereocenters. The van der Waals surface area contributed by atoms with Gasteiger partial charge in [-0.05, 0) is 17.1 Å². The molecule has 2 rings (SSSR count). The highest BCUT2D eigenvalue weighted by Gasteiger charge is 2.17. The summed E-state index contributed by atoms with van der Waals surface area (Å²) in [6, 6.07) is 6.95. The molecular weight excluding hydrogens is 348 g/mol. The van der Waals surface area contributed by atoms with E-state index in [0.29, 0.717) is 10.0 Å². The van der Waals surface area contributed by atoms with Gasteiger partial charge in [-0.25, -0.2) is 14.8 Å². The zero-order chi connectivity index (χ0) is 14.7. The lowest BCUT2D eigenvalue weighted by Gasteiger charge is -2.10. The minimum absolute atomic E-state index is 0.0501. The van der Waals surface area contributed by atoms with E-state index in [9.17, 15) is 18.7 Å². The standard InChI is InChI=1S/C12H9BrN2O4S/c13-9-4-2-1-3-7(9)11-8(12(16)17)5-14-10(15-11)6-20(18)19/h1-5H,6H2,(H,16,17)(H,18,19)/p-1. The van der Waals surface area contributed by atoms with Crippen molar-refractivity contribution in [3.63, 3.8) is 0 Å². The van der Waals surface area contributed by atoms with Crippen LogP contribution >= 0.6 is 15.9 Å². The van der Waals surface area contributed by atoms with E-state index >= 15 is 0 Å². The maximum absolute atomic E-state index is 11.2. The van der Waals surface area contributed by atoms with Crippen LogP contribution < -0.4 is 0 Å². The Morgan fingerprint density at radius 1 is 1.40 bits per heavy atom. The summed E-state index contributed by atoms with van der Waals surface area (Å²) in [6.07, 6.45) is 1.12. The van der Waals surface area contributed by atoms with Crippen LogP contribution in [0.5, 0.6) is 0 Å². The number of carbonyl (C=O) groups is 1. The number of aromatic carboxylic acids is 1. The highest BCUT2D eigenvalue weighted by molar-refractivity contribution is 9.10. The Labute approximate surface area is 125 Å². The number of carboxylic acids is 1. The van der Waals surface area contributed by atoms with E-state index in [-0.39, 0.29) is 22.8 Å². The summed E-state index contributed by atoms with van der Waals surface area (Å²) in [5.74, 6) is -1.49. The summed E-state index contributed by atoms with van der Waals surface area (Å²) in [4.78, 5) is 19.0. The van der Waals surface area contributed by atoms with Crippen LogP contribution in [-0.4, -0.2) is 29.8 Å². The van der Waals surface area contributed by atoms with Crippen molar-refractivity contribution in [1.29, 1.82) is 0 Å². The summed E-state index contributed by atoms with van der Waals surface area (Å²) in [6.45, 7) is 0. The van der Waals surface area contributed by atoms with E-state index in [1.165, 1.54) is 0 Å². The van der Waals surface area contributed by atoms with E-state index in [2.05, 4.69) is 25.9 Å². The van der Waals surface area contributed by atoms with Gasteiger partial charge in [0, 0.05) is 16.2 Å². The third-order valence-electron chi connectivity index (χ3n) is 2.44. The minimum atomic E-state index is -2.34. The first-order valence-electron chi connectivity index (χ1n) is 5.39. The van der Waals surface area contributed by atoms with Crippen LogP contribution in [-0.2, 0) is 16.8 Å². The molecule has 0 aliphatic rings. The predicted octanol–water partition coefficient (Wildman–Crippen LogP) is 1.98. The molecule has 0 aliphatic carbocycles. The van der Waals surface area contributed by atoms with Gasteiger partial charge in [-0.3, -0.25) is 4.21 Å². The molecule has 1 atom stereocenters. The molecule has 20 heavy (non-hydrogen) atoms. The van der Waals surface area contributed by atoms with Crippen LogP contribution in [0.15, 0.2) is 34.9 Å². The molecule has 0 bridgehead atoms. The van der Waals surface area contributed by atoms with Crippen LogP contribution in [0.3, 0.4) is 0 Å². The topological polar surface area (TPSA) is 103 Å². The summed E-state index contributed by atoms with van der Waals surface area (Å²) in [5.41, 5.74) is 0.656. The fraction of sp³-hybridized carbons (Fsp3) is 0.0833. The molecule has 6 nitrogen and oxygen atoms in total. The Morgan fingerprint density at radius 3 is 2.70 bits per heavy atom. The van der Waals surface area contributed by atoms with Crippen LogP contribution in [0.1, 0.15) is 16.2 Å². The summed E-state index contributed by atoms with van der Waals surface area (Å²) in [7, 11) is 0. The molecule has 1 N–H and O–H groups in total. The highest BCUT2D eigenvalue weighted by atomic mass is 79.9. The van der Waals surface area contributed by atoms with Gasteiger partial charge in [-0.2, -0.15) is 0 Å². The fourth-order valence-corrected chi connectivity index (χ4v) is 2.43. The quantitative estimate of drug-likeness (QED) is 0.841. The normalized spacial score (nSPS) is 12.1. The average Bonchev–Trinajstić information content (AvgIpc) is 2.38. The molecule has 0 aliphatic heterocycles. The maximum Gasteiger partial charge on any atom is 0.339 e. The number of benzene rings is 1. The van der Waals surface area contributed by atoms with Crippen molar-refractivity contribution >= 4 is 33.0 Å². The Morgan fingerprint density at radius 2 is 2.10 bits per heavy atom. The van der Waals surface area contributed by atoms with Crippen LogP contribution in [0.2, 0.25) is 0 Å². The van der Waals surface area contributed by atoms with Gasteiger partial charge in [0.15, 0.2) is 0 Å². The summed E-state index contributed by atoms with van der Waals surface area (Å²) >= 11 is 0.979. The zero-order valence-corrected chi connectivity index (χ0v) is 12.3. The van der Waals surface area contributed by atoms with E-state index < -0.39 is 17.0 Å².